The van der Waals surface area contributed by atoms with Gasteiger partial charge in [0, 0.05) is 16.5 Å². The lowest BCUT2D eigenvalue weighted by Crippen LogP contribution is -1.96. The molecule has 0 aliphatic rings. The number of hydrogen-bond acceptors (Lipinski definition) is 2. The lowest BCUT2D eigenvalue weighted by atomic mass is 10.2. The predicted octanol–water partition coefficient (Wildman–Crippen LogP) is 4.23. The van der Waals surface area contributed by atoms with Crippen molar-refractivity contribution in [3.05, 3.63) is 35.6 Å². The number of rotatable bonds is 3. The molecule has 0 N–H and O–H groups in total. The highest BCUT2D eigenvalue weighted by atomic mass is 33.1. The Morgan fingerprint density at radius 1 is 1.14 bits per heavy atom. The van der Waals surface area contributed by atoms with Gasteiger partial charge in [-0.2, -0.15) is 13.2 Å². The van der Waals surface area contributed by atoms with Crippen LogP contribution in [0.1, 0.15) is 5.56 Å². The molecule has 1 aromatic rings. The number of alkyl halides is 3. The monoisotopic (exact) mass is 242 g/mol. The smallest absolute Gasteiger partial charge is 0.207 e. The van der Waals surface area contributed by atoms with Crippen molar-refractivity contribution in [1.29, 1.82) is 0 Å². The summed E-state index contributed by atoms with van der Waals surface area (Å²) in [5.74, 6) is -0.459. The summed E-state index contributed by atoms with van der Waals surface area (Å²) in [7, 11) is 0.366. The van der Waals surface area contributed by atoms with Crippen LogP contribution in [0, 0.1) is 5.82 Å². The van der Waals surface area contributed by atoms with Crippen LogP contribution in [0.25, 0.3) is 0 Å². The van der Waals surface area contributed by atoms with Crippen molar-refractivity contribution in [1.82, 2.24) is 0 Å². The molecule has 0 aliphatic heterocycles. The molecule has 78 valence electrons. The van der Waals surface area contributed by atoms with Crippen LogP contribution in [0.5, 0.6) is 0 Å². The minimum atomic E-state index is -4.27. The van der Waals surface area contributed by atoms with Gasteiger partial charge >= 0.3 is 5.51 Å². The number of halogens is 4. The summed E-state index contributed by atoms with van der Waals surface area (Å²) in [5.41, 5.74) is -3.98. The van der Waals surface area contributed by atoms with Crippen molar-refractivity contribution >= 4 is 21.6 Å². The van der Waals surface area contributed by atoms with Crippen molar-refractivity contribution < 1.29 is 17.6 Å². The predicted molar refractivity (Wildman–Crippen MR) is 51.3 cm³/mol. The molecule has 0 fully saturated rings. The second-order valence-electron chi connectivity index (χ2n) is 2.38. The maximum Gasteiger partial charge on any atom is 0.452 e. The lowest BCUT2D eigenvalue weighted by Gasteiger charge is -2.04. The number of benzene rings is 1. The fraction of sp³-hybridized carbons (Fsp3) is 0.250. The highest BCUT2D eigenvalue weighted by molar-refractivity contribution is 8.76. The van der Waals surface area contributed by atoms with E-state index in [-0.39, 0.29) is 22.1 Å². The molecular weight excluding hydrogens is 236 g/mol. The van der Waals surface area contributed by atoms with Crippen molar-refractivity contribution in [2.45, 2.75) is 11.3 Å². The van der Waals surface area contributed by atoms with Crippen LogP contribution in [0.3, 0.4) is 0 Å². The molecule has 0 aromatic heterocycles. The molecule has 0 bridgehead atoms. The quantitative estimate of drug-likeness (QED) is 0.574. The Morgan fingerprint density at radius 3 is 2.36 bits per heavy atom. The Bertz CT molecular complexity index is 298. The van der Waals surface area contributed by atoms with Crippen LogP contribution < -0.4 is 0 Å². The van der Waals surface area contributed by atoms with Crippen molar-refractivity contribution in [2.75, 3.05) is 0 Å². The molecule has 1 aromatic carbocycles. The van der Waals surface area contributed by atoms with Gasteiger partial charge in [0.1, 0.15) is 5.82 Å². The molecule has 0 amide bonds. The Labute approximate surface area is 86.5 Å². The van der Waals surface area contributed by atoms with Crippen molar-refractivity contribution in [2.24, 2.45) is 0 Å². The first-order chi connectivity index (χ1) is 6.49. The van der Waals surface area contributed by atoms with E-state index in [0.29, 0.717) is 10.8 Å². The first-order valence-electron chi connectivity index (χ1n) is 3.60. The van der Waals surface area contributed by atoms with Crippen LogP contribution in [0.15, 0.2) is 24.3 Å². The Morgan fingerprint density at radius 2 is 1.79 bits per heavy atom. The molecule has 0 unspecified atom stereocenters. The lowest BCUT2D eigenvalue weighted by molar-refractivity contribution is -0.0311. The summed E-state index contributed by atoms with van der Waals surface area (Å²) in [6.45, 7) is 0. The first kappa shape index (κ1) is 11.7. The van der Waals surface area contributed by atoms with Crippen LogP contribution in [-0.4, -0.2) is 5.51 Å². The third-order valence-corrected chi connectivity index (χ3v) is 3.34. The van der Waals surface area contributed by atoms with E-state index in [2.05, 4.69) is 0 Å². The standard InChI is InChI=1S/C8H6F4S2/c9-7-4-2-1-3-6(7)5-13-14-8(10,11)12/h1-4H,5H2. The molecular formula is C8H6F4S2. The summed E-state index contributed by atoms with van der Waals surface area (Å²) in [6, 6.07) is 5.80. The fourth-order valence-corrected chi connectivity index (χ4v) is 2.29. The summed E-state index contributed by atoms with van der Waals surface area (Å²) >= 11 is 0. The highest BCUT2D eigenvalue weighted by Crippen LogP contribution is 2.41. The zero-order valence-corrected chi connectivity index (χ0v) is 8.48. The summed E-state index contributed by atoms with van der Waals surface area (Å²) < 4.78 is 48.0. The minimum Gasteiger partial charge on any atom is -0.207 e. The van der Waals surface area contributed by atoms with E-state index in [9.17, 15) is 17.6 Å². The highest BCUT2D eigenvalue weighted by Gasteiger charge is 2.28. The molecule has 0 heterocycles. The summed E-state index contributed by atoms with van der Waals surface area (Å²) in [4.78, 5) is 0. The van der Waals surface area contributed by atoms with E-state index in [0.717, 1.165) is 0 Å². The number of hydrogen-bond donors (Lipinski definition) is 0. The Hall–Kier alpha value is -0.360. The van der Waals surface area contributed by atoms with Gasteiger partial charge in [-0.05, 0) is 11.6 Å². The maximum atomic E-state index is 12.9. The van der Waals surface area contributed by atoms with E-state index in [1.807, 2.05) is 0 Å². The topological polar surface area (TPSA) is 0 Å². The van der Waals surface area contributed by atoms with E-state index >= 15 is 0 Å². The molecule has 0 aliphatic carbocycles. The molecule has 0 saturated heterocycles. The van der Waals surface area contributed by atoms with E-state index in [4.69, 9.17) is 0 Å². The molecule has 1 rings (SSSR count). The third kappa shape index (κ3) is 4.23. The van der Waals surface area contributed by atoms with E-state index in [1.54, 1.807) is 6.07 Å². The van der Waals surface area contributed by atoms with Crippen LogP contribution >= 0.6 is 21.6 Å². The van der Waals surface area contributed by atoms with Crippen LogP contribution in [0.2, 0.25) is 0 Å². The van der Waals surface area contributed by atoms with Gasteiger partial charge in [0.2, 0.25) is 0 Å². The average molecular weight is 242 g/mol. The van der Waals surface area contributed by atoms with Gasteiger partial charge in [-0.15, -0.1) is 0 Å². The van der Waals surface area contributed by atoms with Gasteiger partial charge in [-0.3, -0.25) is 0 Å². The van der Waals surface area contributed by atoms with Gasteiger partial charge in [-0.25, -0.2) is 4.39 Å². The van der Waals surface area contributed by atoms with Gasteiger partial charge < -0.3 is 0 Å². The maximum absolute atomic E-state index is 12.9. The van der Waals surface area contributed by atoms with Crippen LogP contribution in [0.4, 0.5) is 17.6 Å². The molecule has 0 radical (unpaired) electrons. The zero-order chi connectivity index (χ0) is 10.6. The second kappa shape index (κ2) is 4.93. The molecule has 0 saturated carbocycles. The third-order valence-electron chi connectivity index (χ3n) is 1.33. The first-order valence-corrected chi connectivity index (χ1v) is 5.92. The van der Waals surface area contributed by atoms with E-state index < -0.39 is 11.3 Å². The summed E-state index contributed by atoms with van der Waals surface area (Å²) in [6.07, 6.45) is 0. The van der Waals surface area contributed by atoms with Crippen molar-refractivity contribution in [3.8, 4) is 0 Å². The molecule has 6 heteroatoms. The SMILES string of the molecule is Fc1ccccc1CSSC(F)(F)F. The van der Waals surface area contributed by atoms with Gasteiger partial charge in [0.25, 0.3) is 0 Å². The summed E-state index contributed by atoms with van der Waals surface area (Å²) in [5, 5.41) is 0. The fourth-order valence-electron chi connectivity index (χ4n) is 0.775. The van der Waals surface area contributed by atoms with Gasteiger partial charge in [-0.1, -0.05) is 29.0 Å². The molecule has 0 atom stereocenters. The van der Waals surface area contributed by atoms with Gasteiger partial charge in [0.05, 0.1) is 0 Å². The second-order valence-corrected chi connectivity index (χ2v) is 4.74. The Balaban J connectivity index is 2.43. The van der Waals surface area contributed by atoms with E-state index in [1.165, 1.54) is 18.2 Å². The van der Waals surface area contributed by atoms with Crippen LogP contribution in [-0.2, 0) is 5.75 Å². The Kier molecular flexibility index (Phi) is 4.12. The van der Waals surface area contributed by atoms with Crippen molar-refractivity contribution in [3.63, 3.8) is 0 Å². The molecule has 0 spiro atoms. The molecule has 14 heavy (non-hydrogen) atoms. The zero-order valence-electron chi connectivity index (χ0n) is 6.84. The molecule has 0 nitrogen and oxygen atoms in total. The largest absolute Gasteiger partial charge is 0.452 e. The average Bonchev–Trinajstić information content (AvgIpc) is 2.06. The minimum absolute atomic E-state index is 0.0108. The van der Waals surface area contributed by atoms with Gasteiger partial charge in [0.15, 0.2) is 0 Å². The normalized spacial score (nSPS) is 11.7.